The van der Waals surface area contributed by atoms with Crippen LogP contribution in [-0.2, 0) is 29.3 Å². The van der Waals surface area contributed by atoms with E-state index in [0.717, 1.165) is 32.3 Å². The number of carbonyl (C=O) groups is 1. The second-order valence-electron chi connectivity index (χ2n) is 9.57. The molecule has 0 saturated heterocycles. The third-order valence-electron chi connectivity index (χ3n) is 6.67. The Hall–Kier alpha value is -3.48. The average Bonchev–Trinajstić information content (AvgIpc) is 3.49. The van der Waals surface area contributed by atoms with Crippen LogP contribution in [-0.4, -0.2) is 40.6 Å². The third-order valence-corrected chi connectivity index (χ3v) is 8.22. The minimum absolute atomic E-state index is 0. The molecule has 9 nitrogen and oxygen atoms in total. The Morgan fingerprint density at radius 1 is 0.909 bits per heavy atom. The summed E-state index contributed by atoms with van der Waals surface area (Å²) in [6.45, 7) is 2.32. The van der Waals surface area contributed by atoms with Crippen molar-refractivity contribution < 1.29 is 28.7 Å². The zero-order chi connectivity index (χ0) is 30.2. The number of benzene rings is 4. The number of hydrogen-bond acceptors (Lipinski definition) is 9. The first kappa shape index (κ1) is 33.4. The zero-order valence-electron chi connectivity index (χ0n) is 23.7. The van der Waals surface area contributed by atoms with Crippen molar-refractivity contribution >= 4 is 61.3 Å². The van der Waals surface area contributed by atoms with Gasteiger partial charge in [0.1, 0.15) is 41.8 Å². The SMILES string of the molecule is CCOC(=O)[C@@H](CO)NCc1cc(Br)c(OCc2cccc(-c3ccccc3)c2Br)cc1OCc1ccc2nonc2c1.Cl. The van der Waals surface area contributed by atoms with Gasteiger partial charge in [0, 0.05) is 28.2 Å². The Kier molecular flexibility index (Phi) is 12.2. The summed E-state index contributed by atoms with van der Waals surface area (Å²) in [6.07, 6.45) is 0. The number of esters is 1. The Morgan fingerprint density at radius 3 is 2.45 bits per heavy atom. The van der Waals surface area contributed by atoms with Gasteiger partial charge in [0.15, 0.2) is 0 Å². The van der Waals surface area contributed by atoms with Crippen molar-refractivity contribution in [3.8, 4) is 22.6 Å². The summed E-state index contributed by atoms with van der Waals surface area (Å²) in [5, 5.41) is 20.5. The summed E-state index contributed by atoms with van der Waals surface area (Å²) in [5.74, 6) is 0.599. The molecule has 0 saturated carbocycles. The molecule has 0 aliphatic carbocycles. The number of aromatic nitrogens is 2. The number of aliphatic hydroxyl groups is 1. The van der Waals surface area contributed by atoms with E-state index in [1.807, 2.05) is 60.7 Å². The molecule has 1 heterocycles. The minimum Gasteiger partial charge on any atom is -0.488 e. The molecule has 0 radical (unpaired) electrons. The number of rotatable bonds is 13. The maximum absolute atomic E-state index is 12.2. The van der Waals surface area contributed by atoms with Crippen LogP contribution in [0.15, 0.2) is 92.4 Å². The van der Waals surface area contributed by atoms with E-state index < -0.39 is 18.6 Å². The van der Waals surface area contributed by atoms with Crippen molar-refractivity contribution in [1.82, 2.24) is 15.6 Å². The molecule has 0 fully saturated rings. The Labute approximate surface area is 277 Å². The van der Waals surface area contributed by atoms with Gasteiger partial charge in [-0.05, 0) is 84.0 Å². The van der Waals surface area contributed by atoms with Gasteiger partial charge in [0.05, 0.1) is 17.7 Å². The van der Waals surface area contributed by atoms with Gasteiger partial charge < -0.3 is 19.3 Å². The van der Waals surface area contributed by atoms with Crippen LogP contribution in [0.3, 0.4) is 0 Å². The lowest BCUT2D eigenvalue weighted by atomic mass is 10.0. The van der Waals surface area contributed by atoms with Crippen molar-refractivity contribution in [2.45, 2.75) is 32.7 Å². The van der Waals surface area contributed by atoms with Crippen molar-refractivity contribution in [3.63, 3.8) is 0 Å². The lowest BCUT2D eigenvalue weighted by Gasteiger charge is -2.19. The smallest absolute Gasteiger partial charge is 0.325 e. The third kappa shape index (κ3) is 8.16. The molecule has 0 unspecified atom stereocenters. The van der Waals surface area contributed by atoms with Crippen LogP contribution in [0.4, 0.5) is 0 Å². The van der Waals surface area contributed by atoms with E-state index in [-0.39, 0.29) is 32.2 Å². The molecule has 0 aliphatic heterocycles. The quantitative estimate of drug-likeness (QED) is 0.123. The van der Waals surface area contributed by atoms with Gasteiger partial charge in [-0.3, -0.25) is 10.1 Å². The zero-order valence-corrected chi connectivity index (χ0v) is 27.7. The maximum Gasteiger partial charge on any atom is 0.325 e. The monoisotopic (exact) mass is 745 g/mol. The number of carbonyl (C=O) groups excluding carboxylic acids is 1. The summed E-state index contributed by atoms with van der Waals surface area (Å²) in [6, 6.07) is 24.6. The van der Waals surface area contributed by atoms with Gasteiger partial charge >= 0.3 is 5.97 Å². The second kappa shape index (κ2) is 16.0. The predicted octanol–water partition coefficient (Wildman–Crippen LogP) is 7.01. The van der Waals surface area contributed by atoms with Crippen molar-refractivity contribution in [2.75, 3.05) is 13.2 Å². The highest BCUT2D eigenvalue weighted by Crippen LogP contribution is 2.36. The van der Waals surface area contributed by atoms with E-state index >= 15 is 0 Å². The number of nitrogens with one attached hydrogen (secondary N) is 1. The molecule has 44 heavy (non-hydrogen) atoms. The average molecular weight is 748 g/mol. The molecule has 230 valence electrons. The highest BCUT2D eigenvalue weighted by atomic mass is 79.9. The van der Waals surface area contributed by atoms with E-state index in [2.05, 4.69) is 65.7 Å². The summed E-state index contributed by atoms with van der Waals surface area (Å²) in [7, 11) is 0. The fraction of sp³-hybridized carbons (Fsp3) is 0.219. The summed E-state index contributed by atoms with van der Waals surface area (Å²) >= 11 is 7.40. The molecule has 2 N–H and O–H groups in total. The topological polar surface area (TPSA) is 116 Å². The van der Waals surface area contributed by atoms with Gasteiger partial charge in [-0.15, -0.1) is 12.4 Å². The van der Waals surface area contributed by atoms with Gasteiger partial charge in [-0.25, -0.2) is 4.63 Å². The fourth-order valence-corrected chi connectivity index (χ4v) is 5.54. The first-order valence-corrected chi connectivity index (χ1v) is 15.2. The summed E-state index contributed by atoms with van der Waals surface area (Å²) < 4.78 is 24.1. The molecule has 12 heteroatoms. The van der Waals surface area contributed by atoms with Gasteiger partial charge in [0.2, 0.25) is 0 Å². The molecule has 0 bridgehead atoms. The van der Waals surface area contributed by atoms with Crippen LogP contribution in [0.1, 0.15) is 23.6 Å². The Balaban J connectivity index is 0.00000442. The van der Waals surface area contributed by atoms with E-state index in [1.165, 1.54) is 0 Å². The van der Waals surface area contributed by atoms with Crippen LogP contribution in [0.5, 0.6) is 11.5 Å². The number of hydrogen-bond donors (Lipinski definition) is 2. The number of aliphatic hydroxyl groups excluding tert-OH is 1. The molecule has 1 aromatic heterocycles. The maximum atomic E-state index is 12.2. The van der Waals surface area contributed by atoms with Crippen LogP contribution >= 0.6 is 44.3 Å². The molecule has 1 atom stereocenters. The van der Waals surface area contributed by atoms with E-state index in [9.17, 15) is 9.90 Å². The number of fused-ring (bicyclic) bond motifs is 1. The van der Waals surface area contributed by atoms with Gasteiger partial charge in [-0.1, -0.05) is 54.6 Å². The van der Waals surface area contributed by atoms with Crippen molar-refractivity contribution in [1.29, 1.82) is 0 Å². The van der Waals surface area contributed by atoms with E-state index in [0.29, 0.717) is 33.6 Å². The lowest BCUT2D eigenvalue weighted by molar-refractivity contribution is -0.146. The summed E-state index contributed by atoms with van der Waals surface area (Å²) in [4.78, 5) is 12.2. The molecule has 0 amide bonds. The normalized spacial score (nSPS) is 11.5. The molecular formula is C32H30Br2ClN3O6. The molecule has 4 aromatic carbocycles. The second-order valence-corrected chi connectivity index (χ2v) is 11.2. The Bertz CT molecular complexity index is 1700. The molecular weight excluding hydrogens is 718 g/mol. The van der Waals surface area contributed by atoms with Crippen molar-refractivity contribution in [3.05, 3.63) is 104 Å². The lowest BCUT2D eigenvalue weighted by Crippen LogP contribution is -2.40. The van der Waals surface area contributed by atoms with Gasteiger partial charge in [0.25, 0.3) is 0 Å². The highest BCUT2D eigenvalue weighted by molar-refractivity contribution is 9.11. The van der Waals surface area contributed by atoms with Crippen LogP contribution in [0, 0.1) is 0 Å². The molecule has 0 aliphatic rings. The minimum atomic E-state index is -0.876. The fourth-order valence-electron chi connectivity index (χ4n) is 4.42. The number of nitrogens with zero attached hydrogens (tertiary/aromatic N) is 2. The van der Waals surface area contributed by atoms with E-state index in [4.69, 9.17) is 18.8 Å². The largest absolute Gasteiger partial charge is 0.488 e. The predicted molar refractivity (Wildman–Crippen MR) is 176 cm³/mol. The van der Waals surface area contributed by atoms with Crippen LogP contribution in [0.2, 0.25) is 0 Å². The number of halogens is 3. The summed E-state index contributed by atoms with van der Waals surface area (Å²) in [5.41, 5.74) is 6.07. The number of ether oxygens (including phenoxy) is 3. The molecule has 0 spiro atoms. The van der Waals surface area contributed by atoms with Crippen molar-refractivity contribution in [2.24, 2.45) is 0 Å². The molecule has 5 rings (SSSR count). The standard InChI is InChI=1S/C32H29Br2N3O6.ClH/c1-2-40-32(39)28(17-38)35-16-23-14-25(33)30(15-29(23)41-18-20-11-12-26-27(13-20)37-43-36-26)42-19-22-9-6-10-24(31(22)34)21-7-4-3-5-8-21;/h3-15,28,35,38H,2,16-19H2,1H3;1H/t28-;/m1./s1. The van der Waals surface area contributed by atoms with E-state index in [1.54, 1.807) is 6.92 Å². The highest BCUT2D eigenvalue weighted by Gasteiger charge is 2.20. The van der Waals surface area contributed by atoms with Gasteiger partial charge in [-0.2, -0.15) is 0 Å². The van der Waals surface area contributed by atoms with Crippen LogP contribution in [0.25, 0.3) is 22.2 Å². The Morgan fingerprint density at radius 2 is 1.68 bits per heavy atom. The first-order valence-electron chi connectivity index (χ1n) is 13.6. The molecule has 5 aromatic rings. The van der Waals surface area contributed by atoms with Crippen LogP contribution < -0.4 is 14.8 Å². The first-order chi connectivity index (χ1) is 21.0.